The molecule has 2 aromatic rings. The molecule has 4 nitrogen and oxygen atoms in total. The molecule has 0 bridgehead atoms. The number of hydrogen-bond acceptors (Lipinski definition) is 4. The molecule has 0 saturated heterocycles. The van der Waals surface area contributed by atoms with E-state index in [-0.39, 0.29) is 12.3 Å². The van der Waals surface area contributed by atoms with Crippen molar-refractivity contribution in [3.63, 3.8) is 0 Å². The van der Waals surface area contributed by atoms with Crippen LogP contribution in [0, 0.1) is 0 Å². The fourth-order valence-electron chi connectivity index (χ4n) is 2.35. The average Bonchev–Trinajstić information content (AvgIpc) is 2.53. The number of hydrogen-bond donors (Lipinski definition) is 1. The van der Waals surface area contributed by atoms with Gasteiger partial charge >= 0.3 is 6.36 Å². The number of ether oxygens (including phenoxy) is 3. The maximum atomic E-state index is 12.6. The van der Waals surface area contributed by atoms with E-state index in [2.05, 4.69) is 4.74 Å². The SMILES string of the molecule is NCc1ccc(OC(F)(F)F)c(-c2ccc3c(c2)OCCO3)c1. The first kappa shape index (κ1) is 15.5. The normalized spacial score (nSPS) is 13.7. The third-order valence-electron chi connectivity index (χ3n) is 3.36. The molecular weight excluding hydrogens is 311 g/mol. The Morgan fingerprint density at radius 2 is 1.74 bits per heavy atom. The predicted molar refractivity (Wildman–Crippen MR) is 77.4 cm³/mol. The standard InChI is InChI=1S/C16H14F3NO3/c17-16(18,19)23-13-3-1-10(9-20)7-12(13)11-2-4-14-15(8-11)22-6-5-21-14/h1-4,7-8H,5-6,9,20H2. The van der Waals surface area contributed by atoms with Gasteiger partial charge in [-0.1, -0.05) is 12.1 Å². The molecule has 0 saturated carbocycles. The summed E-state index contributed by atoms with van der Waals surface area (Å²) in [6.45, 7) is 1.05. The second kappa shape index (κ2) is 6.00. The van der Waals surface area contributed by atoms with Crippen molar-refractivity contribution >= 4 is 0 Å². The molecule has 122 valence electrons. The van der Waals surface area contributed by atoms with Gasteiger partial charge in [0.1, 0.15) is 19.0 Å². The van der Waals surface area contributed by atoms with Crippen molar-refractivity contribution in [2.75, 3.05) is 13.2 Å². The van der Waals surface area contributed by atoms with E-state index in [1.54, 1.807) is 24.3 Å². The van der Waals surface area contributed by atoms with Crippen molar-refractivity contribution < 1.29 is 27.4 Å². The number of fused-ring (bicyclic) bond motifs is 1. The summed E-state index contributed by atoms with van der Waals surface area (Å²) in [5, 5.41) is 0. The van der Waals surface area contributed by atoms with Crippen molar-refractivity contribution in [1.29, 1.82) is 0 Å². The fourth-order valence-corrected chi connectivity index (χ4v) is 2.35. The molecule has 1 aliphatic heterocycles. The Labute approximate surface area is 130 Å². The van der Waals surface area contributed by atoms with E-state index >= 15 is 0 Å². The molecule has 2 N–H and O–H groups in total. The van der Waals surface area contributed by atoms with Crippen LogP contribution in [0.4, 0.5) is 13.2 Å². The molecule has 7 heteroatoms. The van der Waals surface area contributed by atoms with E-state index in [0.717, 1.165) is 0 Å². The van der Waals surface area contributed by atoms with Gasteiger partial charge in [-0.2, -0.15) is 0 Å². The lowest BCUT2D eigenvalue weighted by Crippen LogP contribution is -2.18. The van der Waals surface area contributed by atoms with Crippen molar-refractivity contribution in [2.24, 2.45) is 5.73 Å². The van der Waals surface area contributed by atoms with Gasteiger partial charge in [0.2, 0.25) is 0 Å². The predicted octanol–water partition coefficient (Wildman–Crippen LogP) is 3.48. The summed E-state index contributed by atoms with van der Waals surface area (Å²) in [5.74, 6) is 0.768. The quantitative estimate of drug-likeness (QED) is 0.939. The minimum absolute atomic E-state index is 0.212. The van der Waals surface area contributed by atoms with Crippen LogP contribution in [-0.2, 0) is 6.54 Å². The smallest absolute Gasteiger partial charge is 0.486 e. The monoisotopic (exact) mass is 325 g/mol. The lowest BCUT2D eigenvalue weighted by Gasteiger charge is -2.20. The van der Waals surface area contributed by atoms with Crippen LogP contribution in [0.3, 0.4) is 0 Å². The van der Waals surface area contributed by atoms with Gasteiger partial charge in [0.05, 0.1) is 0 Å². The van der Waals surface area contributed by atoms with Gasteiger partial charge < -0.3 is 19.9 Å². The minimum atomic E-state index is -4.77. The highest BCUT2D eigenvalue weighted by atomic mass is 19.4. The van der Waals surface area contributed by atoms with Gasteiger partial charge in [0.25, 0.3) is 0 Å². The minimum Gasteiger partial charge on any atom is -0.486 e. The maximum Gasteiger partial charge on any atom is 0.573 e. The highest BCUT2D eigenvalue weighted by Crippen LogP contribution is 2.39. The second-order valence-corrected chi connectivity index (χ2v) is 4.94. The van der Waals surface area contributed by atoms with Crippen LogP contribution in [0.15, 0.2) is 36.4 Å². The molecule has 0 unspecified atom stereocenters. The molecule has 0 aromatic heterocycles. The highest BCUT2D eigenvalue weighted by molar-refractivity contribution is 5.73. The first-order valence-electron chi connectivity index (χ1n) is 6.95. The summed E-state index contributed by atoms with van der Waals surface area (Å²) in [4.78, 5) is 0. The van der Waals surface area contributed by atoms with E-state index in [1.165, 1.54) is 12.1 Å². The van der Waals surface area contributed by atoms with E-state index in [9.17, 15) is 13.2 Å². The van der Waals surface area contributed by atoms with Crippen molar-refractivity contribution in [3.05, 3.63) is 42.0 Å². The molecule has 0 spiro atoms. The third kappa shape index (κ3) is 3.50. The Morgan fingerprint density at radius 3 is 2.43 bits per heavy atom. The Hall–Kier alpha value is -2.41. The Bertz CT molecular complexity index is 716. The van der Waals surface area contributed by atoms with Gasteiger partial charge in [-0.05, 0) is 35.4 Å². The Balaban J connectivity index is 2.06. The second-order valence-electron chi connectivity index (χ2n) is 4.94. The molecule has 0 radical (unpaired) electrons. The summed E-state index contributed by atoms with van der Waals surface area (Å²) in [7, 11) is 0. The number of rotatable bonds is 3. The van der Waals surface area contributed by atoms with Crippen LogP contribution < -0.4 is 19.9 Å². The Morgan fingerprint density at radius 1 is 1.00 bits per heavy atom. The zero-order valence-electron chi connectivity index (χ0n) is 12.0. The fraction of sp³-hybridized carbons (Fsp3) is 0.250. The van der Waals surface area contributed by atoms with E-state index in [4.69, 9.17) is 15.2 Å². The van der Waals surface area contributed by atoms with Crippen molar-refractivity contribution in [2.45, 2.75) is 12.9 Å². The van der Waals surface area contributed by atoms with Crippen molar-refractivity contribution in [1.82, 2.24) is 0 Å². The zero-order valence-corrected chi connectivity index (χ0v) is 12.0. The van der Waals surface area contributed by atoms with Crippen LogP contribution in [0.1, 0.15) is 5.56 Å². The van der Waals surface area contributed by atoms with E-state index in [0.29, 0.717) is 41.4 Å². The maximum absolute atomic E-state index is 12.6. The Kier molecular flexibility index (Phi) is 4.04. The molecular formula is C16H14F3NO3. The van der Waals surface area contributed by atoms with Gasteiger partial charge in [-0.3, -0.25) is 0 Å². The molecule has 0 aliphatic carbocycles. The average molecular weight is 325 g/mol. The highest BCUT2D eigenvalue weighted by Gasteiger charge is 2.32. The summed E-state index contributed by atoms with van der Waals surface area (Å²) in [6.07, 6.45) is -4.77. The number of benzene rings is 2. The molecule has 0 fully saturated rings. The van der Waals surface area contributed by atoms with Gasteiger partial charge in [0.15, 0.2) is 11.5 Å². The first-order valence-corrected chi connectivity index (χ1v) is 6.95. The van der Waals surface area contributed by atoms with Gasteiger partial charge in [0, 0.05) is 12.1 Å². The van der Waals surface area contributed by atoms with Gasteiger partial charge in [-0.25, -0.2) is 0 Å². The summed E-state index contributed by atoms with van der Waals surface area (Å²) >= 11 is 0. The number of alkyl halides is 3. The largest absolute Gasteiger partial charge is 0.573 e. The summed E-state index contributed by atoms with van der Waals surface area (Å²) < 4.78 is 52.8. The van der Waals surface area contributed by atoms with E-state index < -0.39 is 6.36 Å². The van der Waals surface area contributed by atoms with Gasteiger partial charge in [-0.15, -0.1) is 13.2 Å². The number of nitrogens with two attached hydrogens (primary N) is 1. The molecule has 1 heterocycles. The third-order valence-corrected chi connectivity index (χ3v) is 3.36. The molecule has 23 heavy (non-hydrogen) atoms. The number of halogens is 3. The topological polar surface area (TPSA) is 53.7 Å². The van der Waals surface area contributed by atoms with Crippen LogP contribution in [-0.4, -0.2) is 19.6 Å². The molecule has 3 rings (SSSR count). The summed E-state index contributed by atoms with van der Waals surface area (Å²) in [6, 6.07) is 9.30. The van der Waals surface area contributed by atoms with Crippen LogP contribution >= 0.6 is 0 Å². The van der Waals surface area contributed by atoms with Crippen molar-refractivity contribution in [3.8, 4) is 28.4 Å². The molecule has 0 amide bonds. The molecule has 1 aliphatic rings. The van der Waals surface area contributed by atoms with Crippen LogP contribution in [0.25, 0.3) is 11.1 Å². The first-order chi connectivity index (χ1) is 11.0. The molecule has 2 aromatic carbocycles. The molecule has 0 atom stereocenters. The van der Waals surface area contributed by atoms with E-state index in [1.807, 2.05) is 0 Å². The lowest BCUT2D eigenvalue weighted by molar-refractivity contribution is -0.274. The van der Waals surface area contributed by atoms with Crippen LogP contribution in [0.2, 0.25) is 0 Å². The van der Waals surface area contributed by atoms with Crippen LogP contribution in [0.5, 0.6) is 17.2 Å². The lowest BCUT2D eigenvalue weighted by atomic mass is 10.0. The summed E-state index contributed by atoms with van der Waals surface area (Å²) in [5.41, 5.74) is 7.10. The zero-order chi connectivity index (χ0) is 16.4.